The number of nitrogens with zero attached hydrogens (tertiary/aromatic N) is 1. The number of carbonyl (C=O) groups is 1. The molecular weight excluding hydrogens is 162 g/mol. The molecule has 0 bridgehead atoms. The highest BCUT2D eigenvalue weighted by atomic mass is 16.2. The van der Waals surface area contributed by atoms with Crippen LogP contribution in [-0.4, -0.2) is 16.8 Å². The normalized spacial score (nSPS) is 21.0. The first-order valence-electron chi connectivity index (χ1n) is 5.21. The van der Waals surface area contributed by atoms with Crippen LogP contribution in [0.4, 0.5) is 0 Å². The Labute approximate surface area is 80.6 Å². The van der Waals surface area contributed by atoms with Crippen molar-refractivity contribution in [2.75, 3.05) is 0 Å². The maximum atomic E-state index is 11.3. The average Bonchev–Trinajstić information content (AvgIpc) is 2.76. The zero-order chi connectivity index (χ0) is 9.84. The van der Waals surface area contributed by atoms with Gasteiger partial charge in [0.25, 0.3) is 5.91 Å². The van der Waals surface area contributed by atoms with Gasteiger partial charge < -0.3 is 4.90 Å². The summed E-state index contributed by atoms with van der Waals surface area (Å²) in [6.07, 6.45) is 6.31. The smallest absolute Gasteiger partial charge is 0.250 e. The van der Waals surface area contributed by atoms with Crippen LogP contribution in [0.25, 0.3) is 0 Å². The molecule has 0 aliphatic carbocycles. The topological polar surface area (TPSA) is 20.1 Å². The molecule has 0 N–H and O–H groups in total. The summed E-state index contributed by atoms with van der Waals surface area (Å²) in [5.74, 6) is 0.822. The number of rotatable bonds is 6. The number of hydrogen-bond acceptors (Lipinski definition) is 1. The van der Waals surface area contributed by atoms with Crippen molar-refractivity contribution in [2.24, 2.45) is 5.92 Å². The van der Waals surface area contributed by atoms with Crippen LogP contribution >= 0.6 is 0 Å². The molecule has 1 rings (SSSR count). The lowest BCUT2D eigenvalue weighted by Crippen LogP contribution is -2.11. The summed E-state index contributed by atoms with van der Waals surface area (Å²) >= 11 is 0. The van der Waals surface area contributed by atoms with E-state index in [9.17, 15) is 4.79 Å². The van der Waals surface area contributed by atoms with E-state index in [1.165, 1.54) is 12.8 Å². The third-order valence-electron chi connectivity index (χ3n) is 2.70. The van der Waals surface area contributed by atoms with Gasteiger partial charge in [-0.15, -0.1) is 0 Å². The van der Waals surface area contributed by atoms with Gasteiger partial charge in [0.05, 0.1) is 0 Å². The summed E-state index contributed by atoms with van der Waals surface area (Å²) in [6, 6.07) is 0.164. The molecule has 0 aromatic heterocycles. The van der Waals surface area contributed by atoms with Crippen molar-refractivity contribution in [3.05, 3.63) is 12.8 Å². The molecule has 1 heterocycles. The van der Waals surface area contributed by atoms with E-state index < -0.39 is 0 Å². The van der Waals surface area contributed by atoms with E-state index in [4.69, 9.17) is 0 Å². The molecule has 2 nitrogen and oxygen atoms in total. The van der Waals surface area contributed by atoms with Crippen molar-refractivity contribution < 1.29 is 4.79 Å². The second-order valence-electron chi connectivity index (χ2n) is 3.71. The molecule has 1 atom stereocenters. The molecule has 0 saturated carbocycles. The first-order chi connectivity index (χ1) is 6.26. The van der Waals surface area contributed by atoms with E-state index in [1.807, 2.05) is 0 Å². The molecule has 1 aliphatic heterocycles. The number of carbonyl (C=O) groups excluding carboxylic acids is 1. The lowest BCUT2D eigenvalue weighted by Gasteiger charge is -2.11. The fraction of sp³-hybridized carbons (Fsp3) is 0.727. The van der Waals surface area contributed by atoms with Crippen molar-refractivity contribution >= 4 is 5.91 Å². The maximum absolute atomic E-state index is 11.3. The average molecular weight is 181 g/mol. The lowest BCUT2D eigenvalue weighted by atomic mass is 9.94. The summed E-state index contributed by atoms with van der Waals surface area (Å²) in [6.45, 7) is 7.98. The Hall–Kier alpha value is -0.790. The van der Waals surface area contributed by atoms with E-state index in [2.05, 4.69) is 20.4 Å². The Kier molecular flexibility index (Phi) is 3.52. The van der Waals surface area contributed by atoms with Crippen molar-refractivity contribution in [2.45, 2.75) is 45.6 Å². The monoisotopic (exact) mass is 181 g/mol. The van der Waals surface area contributed by atoms with Gasteiger partial charge in [0, 0.05) is 6.20 Å². The Balaban J connectivity index is 2.46. The molecule has 1 amide bonds. The van der Waals surface area contributed by atoms with Gasteiger partial charge in [0.15, 0.2) is 0 Å². The predicted molar refractivity (Wildman–Crippen MR) is 54.1 cm³/mol. The van der Waals surface area contributed by atoms with Crippen LogP contribution in [0.3, 0.4) is 0 Å². The molecule has 1 aliphatic rings. The minimum absolute atomic E-state index is 0.164. The SMILES string of the molecule is C=CN1C(=O)C1C(CCC)CCC. The molecule has 2 heteroatoms. The Morgan fingerprint density at radius 2 is 2.00 bits per heavy atom. The van der Waals surface area contributed by atoms with Crippen LogP contribution in [0, 0.1) is 5.92 Å². The van der Waals surface area contributed by atoms with E-state index >= 15 is 0 Å². The van der Waals surface area contributed by atoms with Gasteiger partial charge in [-0.05, 0) is 18.8 Å². The molecule has 0 spiro atoms. The van der Waals surface area contributed by atoms with Crippen LogP contribution in [0.2, 0.25) is 0 Å². The van der Waals surface area contributed by atoms with Gasteiger partial charge in [0.2, 0.25) is 0 Å². The van der Waals surface area contributed by atoms with Gasteiger partial charge in [0.1, 0.15) is 6.04 Å². The van der Waals surface area contributed by atoms with Crippen molar-refractivity contribution in [3.63, 3.8) is 0 Å². The minimum Gasteiger partial charge on any atom is -0.305 e. The Bertz CT molecular complexity index is 194. The fourth-order valence-corrected chi connectivity index (χ4v) is 2.04. The van der Waals surface area contributed by atoms with Crippen LogP contribution in [0.15, 0.2) is 12.8 Å². The summed E-state index contributed by atoms with van der Waals surface area (Å²) in [5.41, 5.74) is 0. The molecule has 1 saturated heterocycles. The summed E-state index contributed by atoms with van der Waals surface area (Å²) in [5, 5.41) is 0. The second kappa shape index (κ2) is 4.45. The standard InChI is InChI=1S/C11H19NO/c1-4-7-9(8-5-2)10-11(13)12(10)6-3/h6,9-10H,3-5,7-8H2,1-2H3. The summed E-state index contributed by atoms with van der Waals surface area (Å²) < 4.78 is 0. The minimum atomic E-state index is 0.164. The Morgan fingerprint density at radius 3 is 2.31 bits per heavy atom. The molecule has 0 aromatic rings. The number of amides is 1. The van der Waals surface area contributed by atoms with Crippen molar-refractivity contribution in [1.29, 1.82) is 0 Å². The first kappa shape index (κ1) is 10.3. The molecule has 0 aromatic carbocycles. The van der Waals surface area contributed by atoms with Gasteiger partial charge >= 0.3 is 0 Å². The zero-order valence-corrected chi connectivity index (χ0v) is 8.62. The summed E-state index contributed by atoms with van der Waals surface area (Å²) in [7, 11) is 0. The molecule has 1 unspecified atom stereocenters. The van der Waals surface area contributed by atoms with Crippen LogP contribution < -0.4 is 0 Å². The van der Waals surface area contributed by atoms with Gasteiger partial charge in [-0.2, -0.15) is 0 Å². The van der Waals surface area contributed by atoms with Crippen molar-refractivity contribution in [1.82, 2.24) is 4.90 Å². The van der Waals surface area contributed by atoms with E-state index in [0.29, 0.717) is 5.92 Å². The summed E-state index contributed by atoms with van der Waals surface area (Å²) in [4.78, 5) is 13.1. The second-order valence-corrected chi connectivity index (χ2v) is 3.71. The predicted octanol–water partition coefficient (Wildman–Crippen LogP) is 2.56. The Morgan fingerprint density at radius 1 is 1.46 bits per heavy atom. The van der Waals surface area contributed by atoms with Crippen LogP contribution in [0.1, 0.15) is 39.5 Å². The van der Waals surface area contributed by atoms with Gasteiger partial charge in [-0.3, -0.25) is 4.79 Å². The highest BCUT2D eigenvalue weighted by Crippen LogP contribution is 2.33. The van der Waals surface area contributed by atoms with Gasteiger partial charge in [-0.1, -0.05) is 33.3 Å². The van der Waals surface area contributed by atoms with Gasteiger partial charge in [-0.25, -0.2) is 0 Å². The number of hydrogen-bond donors (Lipinski definition) is 0. The molecular formula is C11H19NO. The first-order valence-corrected chi connectivity index (χ1v) is 5.21. The van der Waals surface area contributed by atoms with E-state index in [1.54, 1.807) is 11.1 Å². The largest absolute Gasteiger partial charge is 0.305 e. The molecule has 0 radical (unpaired) electrons. The van der Waals surface area contributed by atoms with E-state index in [-0.39, 0.29) is 11.9 Å². The lowest BCUT2D eigenvalue weighted by molar-refractivity contribution is -0.113. The highest BCUT2D eigenvalue weighted by molar-refractivity contribution is 5.98. The molecule has 13 heavy (non-hydrogen) atoms. The zero-order valence-electron chi connectivity index (χ0n) is 8.62. The van der Waals surface area contributed by atoms with E-state index in [0.717, 1.165) is 12.8 Å². The fourth-order valence-electron chi connectivity index (χ4n) is 2.04. The molecule has 74 valence electrons. The molecule has 1 fully saturated rings. The third-order valence-corrected chi connectivity index (χ3v) is 2.70. The maximum Gasteiger partial charge on any atom is 0.250 e. The third kappa shape index (κ3) is 2.11. The van der Waals surface area contributed by atoms with Crippen molar-refractivity contribution in [3.8, 4) is 0 Å². The van der Waals surface area contributed by atoms with Crippen LogP contribution in [-0.2, 0) is 4.79 Å². The quantitative estimate of drug-likeness (QED) is 0.577. The van der Waals surface area contributed by atoms with Crippen LogP contribution in [0.5, 0.6) is 0 Å². The highest BCUT2D eigenvalue weighted by Gasteiger charge is 2.48.